The van der Waals surface area contributed by atoms with E-state index in [-0.39, 0.29) is 12.6 Å². The minimum absolute atomic E-state index is 0.0412. The fourth-order valence-electron chi connectivity index (χ4n) is 2.34. The molecule has 0 spiro atoms. The van der Waals surface area contributed by atoms with Crippen LogP contribution in [0.3, 0.4) is 0 Å². The molecular formula is C19H37NO3. The summed E-state index contributed by atoms with van der Waals surface area (Å²) in [5, 5.41) is 11.8. The molecule has 23 heavy (non-hydrogen) atoms. The van der Waals surface area contributed by atoms with Crippen molar-refractivity contribution >= 4 is 5.97 Å². The molecule has 0 unspecified atom stereocenters. The van der Waals surface area contributed by atoms with Gasteiger partial charge >= 0.3 is 5.97 Å². The van der Waals surface area contributed by atoms with Gasteiger partial charge in [0.2, 0.25) is 0 Å². The van der Waals surface area contributed by atoms with E-state index in [1.54, 1.807) is 0 Å². The molecule has 0 aromatic carbocycles. The van der Waals surface area contributed by atoms with E-state index in [0.717, 1.165) is 51.5 Å². The van der Waals surface area contributed by atoms with Crippen LogP contribution in [0.5, 0.6) is 0 Å². The van der Waals surface area contributed by atoms with E-state index >= 15 is 0 Å². The molecule has 0 aliphatic rings. The van der Waals surface area contributed by atoms with Gasteiger partial charge in [0.05, 0.1) is 13.2 Å². The number of hydrogen-bond acceptors (Lipinski definition) is 4. The molecule has 0 saturated heterocycles. The van der Waals surface area contributed by atoms with Crippen molar-refractivity contribution < 1.29 is 14.6 Å². The third-order valence-electron chi connectivity index (χ3n) is 3.70. The first-order chi connectivity index (χ1) is 11.3. The highest BCUT2D eigenvalue weighted by molar-refractivity contribution is 5.69. The van der Waals surface area contributed by atoms with Crippen LogP contribution in [0.15, 0.2) is 12.2 Å². The van der Waals surface area contributed by atoms with Crippen LogP contribution in [0.1, 0.15) is 77.6 Å². The van der Waals surface area contributed by atoms with Crippen molar-refractivity contribution in [3.8, 4) is 0 Å². The number of rotatable bonds is 17. The third kappa shape index (κ3) is 19.1. The molecule has 0 rings (SSSR count). The fraction of sp³-hybridized carbons (Fsp3) is 0.842. The van der Waals surface area contributed by atoms with Crippen LogP contribution in [-0.2, 0) is 9.53 Å². The Kier molecular flexibility index (Phi) is 18.5. The number of nitrogens with one attached hydrogen (secondary N) is 1. The highest BCUT2D eigenvalue weighted by Crippen LogP contribution is 2.07. The molecule has 0 aromatic rings. The number of carbonyl (C=O) groups is 1. The number of esters is 1. The van der Waals surface area contributed by atoms with E-state index in [0.29, 0.717) is 19.6 Å². The zero-order valence-corrected chi connectivity index (χ0v) is 15.0. The van der Waals surface area contributed by atoms with Gasteiger partial charge < -0.3 is 15.2 Å². The van der Waals surface area contributed by atoms with Gasteiger partial charge in [0, 0.05) is 13.0 Å². The smallest absolute Gasteiger partial charge is 0.305 e. The average molecular weight is 328 g/mol. The van der Waals surface area contributed by atoms with E-state index < -0.39 is 0 Å². The van der Waals surface area contributed by atoms with E-state index in [9.17, 15) is 4.79 Å². The molecule has 0 amide bonds. The van der Waals surface area contributed by atoms with E-state index in [1.165, 1.54) is 19.3 Å². The molecule has 4 heteroatoms. The molecule has 0 aromatic heterocycles. The zero-order chi connectivity index (χ0) is 17.0. The molecule has 4 nitrogen and oxygen atoms in total. The molecule has 0 radical (unpaired) electrons. The maximum absolute atomic E-state index is 11.6. The average Bonchev–Trinajstić information content (AvgIpc) is 2.56. The van der Waals surface area contributed by atoms with E-state index in [4.69, 9.17) is 9.84 Å². The molecule has 0 atom stereocenters. The predicted octanol–water partition coefficient (Wildman–Crippen LogP) is 3.98. The molecular weight excluding hydrogens is 290 g/mol. The molecule has 136 valence electrons. The summed E-state index contributed by atoms with van der Waals surface area (Å²) in [6, 6.07) is 0. The lowest BCUT2D eigenvalue weighted by atomic mass is 10.1. The number of aliphatic hydroxyl groups is 1. The lowest BCUT2D eigenvalue weighted by Gasteiger charge is -2.05. The van der Waals surface area contributed by atoms with Gasteiger partial charge in [-0.05, 0) is 51.5 Å². The highest BCUT2D eigenvalue weighted by atomic mass is 16.5. The molecule has 0 heterocycles. The Morgan fingerprint density at radius 3 is 2.48 bits per heavy atom. The Bertz CT molecular complexity index is 280. The predicted molar refractivity (Wildman–Crippen MR) is 96.5 cm³/mol. The van der Waals surface area contributed by atoms with Crippen molar-refractivity contribution in [3.63, 3.8) is 0 Å². The number of carbonyl (C=O) groups excluding carboxylic acids is 1. The summed E-state index contributed by atoms with van der Waals surface area (Å²) >= 11 is 0. The molecule has 2 N–H and O–H groups in total. The topological polar surface area (TPSA) is 58.6 Å². The van der Waals surface area contributed by atoms with Gasteiger partial charge in [-0.15, -0.1) is 0 Å². The quantitative estimate of drug-likeness (QED) is 0.241. The Labute approximate surface area is 142 Å². The van der Waals surface area contributed by atoms with Crippen LogP contribution in [0.2, 0.25) is 0 Å². The van der Waals surface area contributed by atoms with Gasteiger partial charge in [0.15, 0.2) is 0 Å². The first kappa shape index (κ1) is 22.1. The summed E-state index contributed by atoms with van der Waals surface area (Å²) in [5.74, 6) is -0.0412. The molecule has 0 aliphatic carbocycles. The van der Waals surface area contributed by atoms with Gasteiger partial charge in [-0.25, -0.2) is 0 Å². The summed E-state index contributed by atoms with van der Waals surface area (Å²) in [6.07, 6.45) is 16.0. The Hall–Kier alpha value is -0.870. The van der Waals surface area contributed by atoms with E-state index in [2.05, 4.69) is 24.4 Å². The monoisotopic (exact) mass is 327 g/mol. The Balaban J connectivity index is 3.17. The number of unbranched alkanes of at least 4 members (excludes halogenated alkanes) is 7. The van der Waals surface area contributed by atoms with Gasteiger partial charge in [-0.1, -0.05) is 38.3 Å². The lowest BCUT2D eigenvalue weighted by Crippen LogP contribution is -2.19. The van der Waals surface area contributed by atoms with Crippen molar-refractivity contribution in [2.75, 3.05) is 26.3 Å². The van der Waals surface area contributed by atoms with Gasteiger partial charge in [0.25, 0.3) is 0 Å². The minimum Gasteiger partial charge on any atom is -0.466 e. The molecule has 0 bridgehead atoms. The molecule has 0 saturated carbocycles. The number of aliphatic hydroxyl groups excluding tert-OH is 1. The Morgan fingerprint density at radius 2 is 1.70 bits per heavy atom. The van der Waals surface area contributed by atoms with Gasteiger partial charge in [0.1, 0.15) is 0 Å². The van der Waals surface area contributed by atoms with Crippen LogP contribution in [-0.4, -0.2) is 37.4 Å². The van der Waals surface area contributed by atoms with E-state index in [1.807, 2.05) is 0 Å². The molecule has 0 aliphatic heterocycles. The minimum atomic E-state index is -0.0412. The Morgan fingerprint density at radius 1 is 0.957 bits per heavy atom. The van der Waals surface area contributed by atoms with Crippen LogP contribution < -0.4 is 5.32 Å². The summed E-state index contributed by atoms with van der Waals surface area (Å²) in [4.78, 5) is 11.6. The normalized spacial score (nSPS) is 11.2. The van der Waals surface area contributed by atoms with Crippen molar-refractivity contribution in [1.29, 1.82) is 0 Å². The van der Waals surface area contributed by atoms with Crippen molar-refractivity contribution in [3.05, 3.63) is 12.2 Å². The maximum Gasteiger partial charge on any atom is 0.305 e. The van der Waals surface area contributed by atoms with Crippen LogP contribution in [0.25, 0.3) is 0 Å². The second kappa shape index (κ2) is 19.2. The number of ether oxygens (including phenoxy) is 1. The number of hydrogen-bond donors (Lipinski definition) is 2. The maximum atomic E-state index is 11.6. The second-order valence-corrected chi connectivity index (χ2v) is 5.94. The SMILES string of the molecule is CC/C=C\CCCCCOC(=O)CCCCCCCNCCO. The zero-order valence-electron chi connectivity index (χ0n) is 15.0. The van der Waals surface area contributed by atoms with Crippen molar-refractivity contribution in [1.82, 2.24) is 5.32 Å². The molecule has 0 fully saturated rings. The first-order valence-electron chi connectivity index (χ1n) is 9.43. The summed E-state index contributed by atoms with van der Waals surface area (Å²) in [6.45, 7) is 4.58. The van der Waals surface area contributed by atoms with Gasteiger partial charge in [-0.3, -0.25) is 4.79 Å². The third-order valence-corrected chi connectivity index (χ3v) is 3.70. The number of allylic oxidation sites excluding steroid dienone is 2. The van der Waals surface area contributed by atoms with Crippen LogP contribution in [0.4, 0.5) is 0 Å². The van der Waals surface area contributed by atoms with Crippen molar-refractivity contribution in [2.24, 2.45) is 0 Å². The van der Waals surface area contributed by atoms with Crippen molar-refractivity contribution in [2.45, 2.75) is 77.6 Å². The summed E-state index contributed by atoms with van der Waals surface area (Å²) < 4.78 is 5.25. The summed E-state index contributed by atoms with van der Waals surface area (Å²) in [5.41, 5.74) is 0. The standard InChI is InChI=1S/C19H37NO3/c1-2-3-4-5-6-10-13-18-23-19(22)14-11-8-7-9-12-15-20-16-17-21/h3-4,20-21H,2,5-18H2,1H3/b4-3-. The fourth-order valence-corrected chi connectivity index (χ4v) is 2.34. The van der Waals surface area contributed by atoms with Crippen LogP contribution >= 0.6 is 0 Å². The lowest BCUT2D eigenvalue weighted by molar-refractivity contribution is -0.143. The van der Waals surface area contributed by atoms with Crippen LogP contribution in [0, 0.1) is 0 Å². The summed E-state index contributed by atoms with van der Waals surface area (Å²) in [7, 11) is 0. The highest BCUT2D eigenvalue weighted by Gasteiger charge is 2.02. The second-order valence-electron chi connectivity index (χ2n) is 5.94. The van der Waals surface area contributed by atoms with Gasteiger partial charge in [-0.2, -0.15) is 0 Å². The largest absolute Gasteiger partial charge is 0.466 e. The first-order valence-corrected chi connectivity index (χ1v) is 9.43.